The van der Waals surface area contributed by atoms with Gasteiger partial charge in [0.25, 0.3) is 0 Å². The standard InChI is InChI=1S/C32H52O2/c1-21(2)11-10-12-22(3)24-15-19-32(9)26-13-14-27-29(5,6)28(34-23(4)33)17-18-30(27,7)25(26)16-20-31(24,32)8/h11,16,22,24,26-28H,10,12-15,17-20H2,1-9H3/t22-,24+,26+,27-,28-,30+,31+,32-/m0/s1. The highest BCUT2D eigenvalue weighted by molar-refractivity contribution is 5.66. The molecule has 3 saturated carbocycles. The van der Waals surface area contributed by atoms with Gasteiger partial charge in [-0.1, -0.05) is 64.8 Å². The van der Waals surface area contributed by atoms with Crippen molar-refractivity contribution in [3.63, 3.8) is 0 Å². The number of hydrogen-bond acceptors (Lipinski definition) is 2. The third-order valence-electron chi connectivity index (χ3n) is 12.0. The molecular weight excluding hydrogens is 416 g/mol. The summed E-state index contributed by atoms with van der Waals surface area (Å²) in [5, 5.41) is 0. The Labute approximate surface area is 210 Å². The van der Waals surface area contributed by atoms with E-state index in [-0.39, 0.29) is 22.9 Å². The molecule has 3 fully saturated rings. The Bertz CT molecular complexity index is 860. The molecule has 0 amide bonds. The fourth-order valence-corrected chi connectivity index (χ4v) is 9.90. The SMILES string of the molecule is CC(=O)O[C@H]1CC[C@]2(C)C3=CC[C@]4(C)[C@@H]([C@@H](C)CCC=C(C)C)CC[C@@]4(C)[C@@H]3CC[C@H]2C1(C)C. The van der Waals surface area contributed by atoms with Crippen molar-refractivity contribution in [3.05, 3.63) is 23.3 Å². The number of carbonyl (C=O) groups excluding carboxylic acids is 1. The second-order valence-corrected chi connectivity index (χ2v) is 14.2. The van der Waals surface area contributed by atoms with E-state index < -0.39 is 0 Å². The minimum absolute atomic E-state index is 0.0315. The van der Waals surface area contributed by atoms with Crippen LogP contribution >= 0.6 is 0 Å². The van der Waals surface area contributed by atoms with Crippen LogP contribution < -0.4 is 0 Å². The summed E-state index contributed by atoms with van der Waals surface area (Å²) in [5.74, 6) is 2.83. The lowest BCUT2D eigenvalue weighted by molar-refractivity contribution is -0.170. The Morgan fingerprint density at radius 1 is 1.03 bits per heavy atom. The van der Waals surface area contributed by atoms with Crippen LogP contribution in [0.25, 0.3) is 0 Å². The molecule has 4 aliphatic rings. The molecule has 2 nitrogen and oxygen atoms in total. The molecule has 2 heteroatoms. The molecule has 0 N–H and O–H groups in total. The molecule has 4 rings (SSSR count). The number of esters is 1. The number of rotatable bonds is 5. The van der Waals surface area contributed by atoms with Gasteiger partial charge in [0.05, 0.1) is 0 Å². The monoisotopic (exact) mass is 468 g/mol. The first-order valence-corrected chi connectivity index (χ1v) is 14.3. The summed E-state index contributed by atoms with van der Waals surface area (Å²) in [6.45, 7) is 21.2. The van der Waals surface area contributed by atoms with Crippen molar-refractivity contribution in [3.8, 4) is 0 Å². The van der Waals surface area contributed by atoms with Crippen LogP contribution in [0.5, 0.6) is 0 Å². The van der Waals surface area contributed by atoms with Gasteiger partial charge in [-0.15, -0.1) is 0 Å². The van der Waals surface area contributed by atoms with Crippen LogP contribution in [0, 0.1) is 45.3 Å². The van der Waals surface area contributed by atoms with E-state index in [2.05, 4.69) is 67.5 Å². The summed E-state index contributed by atoms with van der Waals surface area (Å²) in [4.78, 5) is 11.8. The van der Waals surface area contributed by atoms with Crippen molar-refractivity contribution in [2.45, 2.75) is 126 Å². The second-order valence-electron chi connectivity index (χ2n) is 14.2. The van der Waals surface area contributed by atoms with Crippen LogP contribution in [0.3, 0.4) is 0 Å². The van der Waals surface area contributed by atoms with Crippen molar-refractivity contribution in [2.24, 2.45) is 45.3 Å². The molecule has 34 heavy (non-hydrogen) atoms. The highest BCUT2D eigenvalue weighted by Gasteiger charge is 2.65. The predicted molar refractivity (Wildman–Crippen MR) is 142 cm³/mol. The highest BCUT2D eigenvalue weighted by Crippen LogP contribution is 2.73. The number of hydrogen-bond donors (Lipinski definition) is 0. The van der Waals surface area contributed by atoms with Crippen LogP contribution in [-0.2, 0) is 9.53 Å². The van der Waals surface area contributed by atoms with Crippen LogP contribution in [0.2, 0.25) is 0 Å². The molecule has 0 radical (unpaired) electrons. The van der Waals surface area contributed by atoms with Crippen LogP contribution in [0.4, 0.5) is 0 Å². The largest absolute Gasteiger partial charge is 0.462 e. The quantitative estimate of drug-likeness (QED) is 0.297. The maximum Gasteiger partial charge on any atom is 0.302 e. The van der Waals surface area contributed by atoms with Crippen LogP contribution in [0.1, 0.15) is 120 Å². The predicted octanol–water partition coefficient (Wildman–Crippen LogP) is 8.91. The minimum atomic E-state index is -0.119. The topological polar surface area (TPSA) is 26.3 Å². The Morgan fingerprint density at radius 2 is 1.74 bits per heavy atom. The molecular formula is C32H52O2. The van der Waals surface area contributed by atoms with E-state index in [1.165, 1.54) is 50.5 Å². The fourth-order valence-electron chi connectivity index (χ4n) is 9.90. The van der Waals surface area contributed by atoms with Crippen molar-refractivity contribution < 1.29 is 9.53 Å². The van der Waals surface area contributed by atoms with Gasteiger partial charge in [0.2, 0.25) is 0 Å². The first kappa shape index (κ1) is 26.0. The van der Waals surface area contributed by atoms with E-state index in [4.69, 9.17) is 4.74 Å². The van der Waals surface area contributed by atoms with E-state index >= 15 is 0 Å². The number of allylic oxidation sites excluding steroid dienone is 4. The Morgan fingerprint density at radius 3 is 2.38 bits per heavy atom. The normalized spacial score (nSPS) is 43.6. The summed E-state index contributed by atoms with van der Waals surface area (Å²) >= 11 is 0. The first-order chi connectivity index (χ1) is 15.8. The van der Waals surface area contributed by atoms with E-state index in [0.717, 1.165) is 30.6 Å². The molecule has 8 atom stereocenters. The third kappa shape index (κ3) is 3.85. The first-order valence-electron chi connectivity index (χ1n) is 14.3. The van der Waals surface area contributed by atoms with Crippen molar-refractivity contribution in [1.29, 1.82) is 0 Å². The number of fused-ring (bicyclic) bond motifs is 5. The van der Waals surface area contributed by atoms with Crippen molar-refractivity contribution in [2.75, 3.05) is 0 Å². The minimum Gasteiger partial charge on any atom is -0.462 e. The molecule has 4 aliphatic carbocycles. The highest BCUT2D eigenvalue weighted by atomic mass is 16.5. The van der Waals surface area contributed by atoms with Gasteiger partial charge in [-0.2, -0.15) is 0 Å². The van der Waals surface area contributed by atoms with Gasteiger partial charge in [-0.05, 0) is 112 Å². The summed E-state index contributed by atoms with van der Waals surface area (Å²) in [7, 11) is 0. The average molecular weight is 469 g/mol. The lowest BCUT2D eigenvalue weighted by Crippen LogP contribution is -2.58. The molecule has 0 aromatic rings. The van der Waals surface area contributed by atoms with Gasteiger partial charge in [0.1, 0.15) is 6.10 Å². The van der Waals surface area contributed by atoms with Gasteiger partial charge < -0.3 is 4.74 Å². The van der Waals surface area contributed by atoms with E-state index in [1.807, 2.05) is 0 Å². The molecule has 0 aliphatic heterocycles. The molecule has 192 valence electrons. The van der Waals surface area contributed by atoms with Gasteiger partial charge in [-0.3, -0.25) is 4.79 Å². The molecule has 0 heterocycles. The lowest BCUT2D eigenvalue weighted by Gasteiger charge is -2.64. The lowest BCUT2D eigenvalue weighted by atomic mass is 9.41. The summed E-state index contributed by atoms with van der Waals surface area (Å²) in [5.41, 5.74) is 4.35. The maximum atomic E-state index is 11.8. The summed E-state index contributed by atoms with van der Waals surface area (Å²) in [6, 6.07) is 0. The number of carbonyl (C=O) groups is 1. The third-order valence-corrected chi connectivity index (χ3v) is 12.0. The molecule has 0 unspecified atom stereocenters. The van der Waals surface area contributed by atoms with E-state index in [1.54, 1.807) is 12.5 Å². The van der Waals surface area contributed by atoms with Crippen LogP contribution in [0.15, 0.2) is 23.3 Å². The molecule has 0 spiro atoms. The Hall–Kier alpha value is -1.05. The number of ether oxygens (including phenoxy) is 1. The molecule has 0 bridgehead atoms. The zero-order valence-electron chi connectivity index (χ0n) is 23.7. The summed E-state index contributed by atoms with van der Waals surface area (Å²) in [6.07, 6.45) is 16.6. The molecule has 0 aromatic carbocycles. The fraction of sp³-hybridized carbons (Fsp3) is 0.844. The van der Waals surface area contributed by atoms with Gasteiger partial charge in [-0.25, -0.2) is 0 Å². The molecule has 0 aromatic heterocycles. The summed E-state index contributed by atoms with van der Waals surface area (Å²) < 4.78 is 5.87. The Balaban J connectivity index is 1.61. The second kappa shape index (κ2) is 8.81. The van der Waals surface area contributed by atoms with Gasteiger partial charge in [0, 0.05) is 12.3 Å². The van der Waals surface area contributed by atoms with Gasteiger partial charge >= 0.3 is 5.97 Å². The van der Waals surface area contributed by atoms with E-state index in [9.17, 15) is 4.79 Å². The molecule has 0 saturated heterocycles. The van der Waals surface area contributed by atoms with Crippen molar-refractivity contribution >= 4 is 5.97 Å². The van der Waals surface area contributed by atoms with E-state index in [0.29, 0.717) is 16.7 Å². The smallest absolute Gasteiger partial charge is 0.302 e. The maximum absolute atomic E-state index is 11.8. The zero-order chi connectivity index (χ0) is 25.1. The van der Waals surface area contributed by atoms with Crippen molar-refractivity contribution in [1.82, 2.24) is 0 Å². The van der Waals surface area contributed by atoms with Crippen LogP contribution in [-0.4, -0.2) is 12.1 Å². The Kier molecular flexibility index (Phi) is 6.74. The zero-order valence-corrected chi connectivity index (χ0v) is 23.7. The van der Waals surface area contributed by atoms with Gasteiger partial charge in [0.15, 0.2) is 0 Å². The average Bonchev–Trinajstić information content (AvgIpc) is 3.01.